The lowest BCUT2D eigenvalue weighted by Gasteiger charge is -2.08. The Labute approximate surface area is 159 Å². The van der Waals surface area contributed by atoms with Gasteiger partial charge in [-0.25, -0.2) is 9.78 Å². The molecule has 0 unspecified atom stereocenters. The highest BCUT2D eigenvalue weighted by molar-refractivity contribution is 5.99. The number of nitrogens with one attached hydrogen (secondary N) is 1. The van der Waals surface area contributed by atoms with Crippen LogP contribution in [0.3, 0.4) is 0 Å². The molecule has 10 heteroatoms. The zero-order valence-electron chi connectivity index (χ0n) is 15.3. The van der Waals surface area contributed by atoms with Crippen LogP contribution in [0, 0.1) is 0 Å². The van der Waals surface area contributed by atoms with Crippen molar-refractivity contribution in [1.82, 2.24) is 20.0 Å². The van der Waals surface area contributed by atoms with E-state index in [2.05, 4.69) is 15.5 Å². The minimum Gasteiger partial charge on any atom is -0.497 e. The summed E-state index contributed by atoms with van der Waals surface area (Å²) in [7, 11) is 1.56. The van der Waals surface area contributed by atoms with Crippen molar-refractivity contribution in [2.75, 3.05) is 13.7 Å². The standard InChI is InChI=1S/C18H18N4O6/c1-3-27-18(25)15-14-16(28-21-15)20-10-22(17(14)24)9-13(23)19-8-11-5-4-6-12(7-11)26-2/h4-7,10H,3,8-9H2,1-2H3,(H,19,23). The Morgan fingerprint density at radius 3 is 2.89 bits per heavy atom. The molecule has 1 aromatic carbocycles. The van der Waals surface area contributed by atoms with E-state index in [1.165, 1.54) is 0 Å². The predicted octanol–water partition coefficient (Wildman–Crippen LogP) is 0.886. The fourth-order valence-corrected chi connectivity index (χ4v) is 2.53. The summed E-state index contributed by atoms with van der Waals surface area (Å²) in [5, 5.41) is 6.14. The third-order valence-corrected chi connectivity index (χ3v) is 3.87. The summed E-state index contributed by atoms with van der Waals surface area (Å²) >= 11 is 0. The monoisotopic (exact) mass is 386 g/mol. The lowest BCUT2D eigenvalue weighted by atomic mass is 10.2. The molecule has 28 heavy (non-hydrogen) atoms. The quantitative estimate of drug-likeness (QED) is 0.593. The van der Waals surface area contributed by atoms with Crippen molar-refractivity contribution < 1.29 is 23.6 Å². The van der Waals surface area contributed by atoms with Crippen LogP contribution in [-0.4, -0.2) is 40.3 Å². The maximum absolute atomic E-state index is 12.6. The molecule has 1 amide bonds. The first-order valence-electron chi connectivity index (χ1n) is 8.45. The van der Waals surface area contributed by atoms with Gasteiger partial charge in [0.1, 0.15) is 24.0 Å². The van der Waals surface area contributed by atoms with E-state index in [1.807, 2.05) is 12.1 Å². The van der Waals surface area contributed by atoms with E-state index in [-0.39, 0.29) is 36.5 Å². The Morgan fingerprint density at radius 2 is 2.14 bits per heavy atom. The number of fused-ring (bicyclic) bond motifs is 1. The van der Waals surface area contributed by atoms with Crippen LogP contribution in [-0.2, 0) is 22.6 Å². The van der Waals surface area contributed by atoms with Gasteiger partial charge in [-0.2, -0.15) is 0 Å². The van der Waals surface area contributed by atoms with E-state index >= 15 is 0 Å². The zero-order valence-corrected chi connectivity index (χ0v) is 15.3. The number of esters is 1. The van der Waals surface area contributed by atoms with Crippen molar-refractivity contribution in [2.45, 2.75) is 20.0 Å². The van der Waals surface area contributed by atoms with E-state index in [1.54, 1.807) is 26.2 Å². The first kappa shape index (κ1) is 19.1. The number of hydrogen-bond acceptors (Lipinski definition) is 8. The summed E-state index contributed by atoms with van der Waals surface area (Å²) < 4.78 is 16.0. The van der Waals surface area contributed by atoms with Gasteiger partial charge < -0.3 is 19.3 Å². The number of aromatic nitrogens is 3. The molecule has 0 spiro atoms. The average Bonchev–Trinajstić information content (AvgIpc) is 3.14. The molecular formula is C18H18N4O6. The maximum Gasteiger partial charge on any atom is 0.361 e. The molecule has 2 aromatic heterocycles. The number of hydrogen-bond donors (Lipinski definition) is 1. The molecule has 0 radical (unpaired) electrons. The Morgan fingerprint density at radius 1 is 1.32 bits per heavy atom. The van der Waals surface area contributed by atoms with Gasteiger partial charge >= 0.3 is 5.97 Å². The second-order valence-electron chi connectivity index (χ2n) is 5.74. The summed E-state index contributed by atoms with van der Waals surface area (Å²) in [6.45, 7) is 1.73. The van der Waals surface area contributed by atoms with Crippen LogP contribution in [0.25, 0.3) is 11.1 Å². The number of nitrogens with zero attached hydrogens (tertiary/aromatic N) is 3. The van der Waals surface area contributed by atoms with Crippen molar-refractivity contribution in [2.24, 2.45) is 0 Å². The molecule has 0 atom stereocenters. The van der Waals surface area contributed by atoms with Gasteiger partial charge in [0.2, 0.25) is 11.6 Å². The van der Waals surface area contributed by atoms with Crippen LogP contribution in [0.5, 0.6) is 5.75 Å². The van der Waals surface area contributed by atoms with E-state index in [4.69, 9.17) is 14.0 Å². The third kappa shape index (κ3) is 4.00. The van der Waals surface area contributed by atoms with Crippen LogP contribution >= 0.6 is 0 Å². The number of methoxy groups -OCH3 is 1. The van der Waals surface area contributed by atoms with Crippen molar-refractivity contribution in [3.05, 3.63) is 52.2 Å². The fourth-order valence-electron chi connectivity index (χ4n) is 2.53. The van der Waals surface area contributed by atoms with Gasteiger partial charge in [0.05, 0.1) is 13.7 Å². The number of ether oxygens (including phenoxy) is 2. The highest BCUT2D eigenvalue weighted by atomic mass is 16.5. The SMILES string of the molecule is CCOC(=O)c1noc2ncn(CC(=O)NCc3cccc(OC)c3)c(=O)c12. The second-order valence-corrected chi connectivity index (χ2v) is 5.74. The normalized spacial score (nSPS) is 10.6. The number of carbonyl (C=O) groups excluding carboxylic acids is 2. The Kier molecular flexibility index (Phi) is 5.68. The molecule has 2 heterocycles. The highest BCUT2D eigenvalue weighted by Crippen LogP contribution is 2.13. The van der Waals surface area contributed by atoms with E-state index < -0.39 is 17.4 Å². The fraction of sp³-hybridized carbons (Fsp3) is 0.278. The average molecular weight is 386 g/mol. The first-order valence-corrected chi connectivity index (χ1v) is 8.45. The Bertz CT molecular complexity index is 1070. The summed E-state index contributed by atoms with van der Waals surface area (Å²) in [5.74, 6) is -0.517. The second kappa shape index (κ2) is 8.33. The van der Waals surface area contributed by atoms with Crippen LogP contribution < -0.4 is 15.6 Å². The van der Waals surface area contributed by atoms with Crippen molar-refractivity contribution in [3.63, 3.8) is 0 Å². The van der Waals surface area contributed by atoms with Crippen LogP contribution in [0.2, 0.25) is 0 Å². The lowest BCUT2D eigenvalue weighted by Crippen LogP contribution is -2.32. The van der Waals surface area contributed by atoms with Gasteiger partial charge in [-0.1, -0.05) is 17.3 Å². The molecular weight excluding hydrogens is 368 g/mol. The Balaban J connectivity index is 1.75. The van der Waals surface area contributed by atoms with Gasteiger partial charge in [-0.15, -0.1) is 0 Å². The smallest absolute Gasteiger partial charge is 0.361 e. The zero-order chi connectivity index (χ0) is 20.1. The predicted molar refractivity (Wildman–Crippen MR) is 96.9 cm³/mol. The topological polar surface area (TPSA) is 126 Å². The summed E-state index contributed by atoms with van der Waals surface area (Å²) in [6, 6.07) is 7.24. The first-order chi connectivity index (χ1) is 13.5. The van der Waals surface area contributed by atoms with Crippen molar-refractivity contribution in [1.29, 1.82) is 0 Å². The number of rotatable bonds is 7. The van der Waals surface area contributed by atoms with Gasteiger partial charge in [0, 0.05) is 6.54 Å². The Hall–Kier alpha value is -3.69. The van der Waals surface area contributed by atoms with Crippen LogP contribution in [0.15, 0.2) is 39.9 Å². The van der Waals surface area contributed by atoms with Gasteiger partial charge in [-0.05, 0) is 24.6 Å². The van der Waals surface area contributed by atoms with E-state index in [9.17, 15) is 14.4 Å². The van der Waals surface area contributed by atoms with Crippen molar-refractivity contribution >= 4 is 23.0 Å². The number of carbonyl (C=O) groups is 2. The van der Waals surface area contributed by atoms with Crippen molar-refractivity contribution in [3.8, 4) is 5.75 Å². The lowest BCUT2D eigenvalue weighted by molar-refractivity contribution is -0.121. The van der Waals surface area contributed by atoms with E-state index in [0.29, 0.717) is 5.75 Å². The molecule has 1 N–H and O–H groups in total. The number of benzene rings is 1. The molecule has 0 aliphatic carbocycles. The molecule has 0 aliphatic rings. The molecule has 0 saturated carbocycles. The third-order valence-electron chi connectivity index (χ3n) is 3.87. The molecule has 146 valence electrons. The summed E-state index contributed by atoms with van der Waals surface area (Å²) in [4.78, 5) is 40.7. The van der Waals surface area contributed by atoms with E-state index in [0.717, 1.165) is 16.5 Å². The largest absolute Gasteiger partial charge is 0.497 e. The summed E-state index contributed by atoms with van der Waals surface area (Å²) in [6.07, 6.45) is 1.16. The van der Waals surface area contributed by atoms with Gasteiger partial charge in [-0.3, -0.25) is 14.2 Å². The van der Waals surface area contributed by atoms with Gasteiger partial charge in [0.25, 0.3) is 11.3 Å². The molecule has 10 nitrogen and oxygen atoms in total. The molecule has 0 saturated heterocycles. The molecule has 0 fully saturated rings. The molecule has 3 aromatic rings. The minimum atomic E-state index is -0.791. The van der Waals surface area contributed by atoms with Gasteiger partial charge in [0.15, 0.2) is 0 Å². The molecule has 3 rings (SSSR count). The highest BCUT2D eigenvalue weighted by Gasteiger charge is 2.22. The molecule has 0 bridgehead atoms. The minimum absolute atomic E-state index is 0.0962. The summed E-state index contributed by atoms with van der Waals surface area (Å²) in [5.41, 5.74) is -0.135. The van der Waals surface area contributed by atoms with Crippen LogP contribution in [0.1, 0.15) is 23.0 Å². The maximum atomic E-state index is 12.6. The number of amides is 1. The van der Waals surface area contributed by atoms with Crippen LogP contribution in [0.4, 0.5) is 0 Å². The molecule has 0 aliphatic heterocycles.